The monoisotopic (exact) mass is 603 g/mol. The molecule has 135 valence electrons. The van der Waals surface area contributed by atoms with Gasteiger partial charge in [0.05, 0.1) is 18.4 Å². The summed E-state index contributed by atoms with van der Waals surface area (Å²) in [5.74, 6) is -0.305. The Bertz CT molecular complexity index is 725. The van der Waals surface area contributed by atoms with Crippen LogP contribution in [0.25, 0.3) is 0 Å². The summed E-state index contributed by atoms with van der Waals surface area (Å²) < 4.78 is 4.97. The number of methoxy groups -OCH3 is 1. The van der Waals surface area contributed by atoms with Crippen molar-refractivity contribution in [2.24, 2.45) is 0 Å². The van der Waals surface area contributed by atoms with E-state index in [4.69, 9.17) is 4.74 Å². The maximum atomic E-state index is 12.2. The first-order valence-corrected chi connectivity index (χ1v) is 16.6. The summed E-state index contributed by atoms with van der Waals surface area (Å²) in [6, 6.07) is 3.90. The number of ether oxygens (including phenoxy) is 1. The number of esters is 1. The molecule has 7 heteroatoms. The van der Waals surface area contributed by atoms with E-state index in [-0.39, 0.29) is 5.97 Å². The molecule has 0 saturated carbocycles. The number of benzene rings is 1. The van der Waals surface area contributed by atoms with Gasteiger partial charge in [-0.3, -0.25) is 4.98 Å². The number of nitrogens with one attached hydrogen (secondary N) is 1. The Morgan fingerprint density at radius 1 is 1.08 bits per heavy atom. The molecule has 1 aromatic carbocycles. The first-order chi connectivity index (χ1) is 11.9. The molecular formula is C18H22I2N2O2V. The summed E-state index contributed by atoms with van der Waals surface area (Å²) in [6.07, 6.45) is 3.52. The van der Waals surface area contributed by atoms with E-state index in [2.05, 4.69) is 57.2 Å². The molecule has 0 spiro atoms. The van der Waals surface area contributed by atoms with Crippen LogP contribution in [0.2, 0.25) is 0 Å². The van der Waals surface area contributed by atoms with E-state index in [1.807, 2.05) is 32.9 Å². The van der Waals surface area contributed by atoms with E-state index in [0.717, 1.165) is 27.9 Å². The molecule has 0 radical (unpaired) electrons. The van der Waals surface area contributed by atoms with Gasteiger partial charge in [-0.1, -0.05) is 0 Å². The quantitative estimate of drug-likeness (QED) is 0.372. The summed E-state index contributed by atoms with van der Waals surface area (Å²) in [5, 5.41) is 3.39. The third-order valence-corrected chi connectivity index (χ3v) is 4.30. The average molecular weight is 603 g/mol. The molecule has 0 unspecified atom stereocenters. The van der Waals surface area contributed by atoms with E-state index in [1.54, 1.807) is 12.4 Å². The van der Waals surface area contributed by atoms with Crippen molar-refractivity contribution in [3.05, 3.63) is 57.9 Å². The molecule has 0 saturated heterocycles. The van der Waals surface area contributed by atoms with Crippen LogP contribution in [0, 0.1) is 27.7 Å². The average Bonchev–Trinajstić information content (AvgIpc) is 2.62. The third-order valence-electron chi connectivity index (χ3n) is 4.30. The molecule has 0 aliphatic rings. The fourth-order valence-electron chi connectivity index (χ4n) is 2.58. The minimum atomic E-state index is -0.305. The SMILES string of the molecule is COC(=O)c1c(C)c(C)c(C)c(C)c1NCc1ccncc1.[I][V][I]. The van der Waals surface area contributed by atoms with Crippen molar-refractivity contribution in [2.75, 3.05) is 12.4 Å². The van der Waals surface area contributed by atoms with Crippen LogP contribution in [-0.4, -0.2) is 18.1 Å². The van der Waals surface area contributed by atoms with Gasteiger partial charge in [0.1, 0.15) is 0 Å². The molecule has 0 amide bonds. The van der Waals surface area contributed by atoms with Gasteiger partial charge in [0.2, 0.25) is 0 Å². The molecule has 0 fully saturated rings. The maximum absolute atomic E-state index is 12.2. The van der Waals surface area contributed by atoms with Crippen LogP contribution < -0.4 is 5.32 Å². The van der Waals surface area contributed by atoms with Gasteiger partial charge in [-0.25, -0.2) is 4.79 Å². The van der Waals surface area contributed by atoms with E-state index < -0.39 is 0 Å². The molecule has 1 N–H and O–H groups in total. The van der Waals surface area contributed by atoms with Crippen LogP contribution in [0.5, 0.6) is 0 Å². The normalized spacial score (nSPS) is 9.72. The second kappa shape index (κ2) is 11.4. The zero-order valence-electron chi connectivity index (χ0n) is 15.0. The molecule has 1 aromatic heterocycles. The van der Waals surface area contributed by atoms with Gasteiger partial charge < -0.3 is 10.1 Å². The Hall–Kier alpha value is -0.316. The Labute approximate surface area is 178 Å². The minimum absolute atomic E-state index is 0.305. The molecule has 2 aromatic rings. The van der Waals surface area contributed by atoms with Gasteiger partial charge in [0, 0.05) is 18.9 Å². The zero-order chi connectivity index (χ0) is 19.0. The molecule has 25 heavy (non-hydrogen) atoms. The number of hydrogen-bond donors (Lipinski definition) is 1. The predicted molar refractivity (Wildman–Crippen MR) is 116 cm³/mol. The van der Waals surface area contributed by atoms with Crippen molar-refractivity contribution in [3.8, 4) is 0 Å². The van der Waals surface area contributed by atoms with Gasteiger partial charge >= 0.3 is 55.4 Å². The van der Waals surface area contributed by atoms with Gasteiger partial charge in [-0.05, 0) is 67.6 Å². The van der Waals surface area contributed by atoms with Crippen LogP contribution in [0.4, 0.5) is 5.69 Å². The van der Waals surface area contributed by atoms with Crippen LogP contribution >= 0.6 is 40.0 Å². The number of hydrogen-bond acceptors (Lipinski definition) is 4. The van der Waals surface area contributed by atoms with Crippen molar-refractivity contribution in [3.63, 3.8) is 0 Å². The summed E-state index contributed by atoms with van der Waals surface area (Å²) in [4.78, 5) is 16.2. The number of nitrogens with zero attached hydrogens (tertiary/aromatic N) is 1. The summed E-state index contributed by atoms with van der Waals surface area (Å²) in [7, 11) is 2.04. The molecule has 4 nitrogen and oxygen atoms in total. The van der Waals surface area contributed by atoms with Crippen LogP contribution in [0.3, 0.4) is 0 Å². The van der Waals surface area contributed by atoms with Crippen LogP contribution in [0.1, 0.15) is 38.2 Å². The third kappa shape index (κ3) is 6.11. The van der Waals surface area contributed by atoms with Gasteiger partial charge in [0.15, 0.2) is 0 Å². The van der Waals surface area contributed by atoms with Crippen molar-refractivity contribution in [2.45, 2.75) is 34.2 Å². The van der Waals surface area contributed by atoms with Gasteiger partial charge in [-0.15, -0.1) is 0 Å². The zero-order valence-corrected chi connectivity index (χ0v) is 20.7. The molecule has 0 aliphatic heterocycles. The first kappa shape index (κ1) is 22.7. The van der Waals surface area contributed by atoms with Crippen molar-refractivity contribution >= 4 is 51.6 Å². The number of rotatable bonds is 4. The molecule has 0 atom stereocenters. The van der Waals surface area contributed by atoms with Gasteiger partial charge in [-0.2, -0.15) is 0 Å². The Kier molecular flexibility index (Phi) is 10.4. The number of carbonyl (C=O) groups excluding carboxylic acids is 1. The number of carbonyl (C=O) groups is 1. The second-order valence-corrected chi connectivity index (χ2v) is 17.3. The van der Waals surface area contributed by atoms with Gasteiger partial charge in [0.25, 0.3) is 0 Å². The fraction of sp³-hybridized carbons (Fsp3) is 0.333. The molecule has 1 heterocycles. The van der Waals surface area contributed by atoms with E-state index in [1.165, 1.54) is 12.7 Å². The number of pyridine rings is 1. The molecular weight excluding hydrogens is 581 g/mol. The number of anilines is 1. The first-order valence-electron chi connectivity index (χ1n) is 7.62. The number of halogens is 2. The molecule has 2 rings (SSSR count). The van der Waals surface area contributed by atoms with Crippen molar-refractivity contribution < 1.29 is 19.0 Å². The Morgan fingerprint density at radius 2 is 1.60 bits per heavy atom. The van der Waals surface area contributed by atoms with Crippen LogP contribution in [-0.2, 0) is 20.7 Å². The van der Waals surface area contributed by atoms with E-state index >= 15 is 0 Å². The van der Waals surface area contributed by atoms with E-state index in [0.29, 0.717) is 21.6 Å². The van der Waals surface area contributed by atoms with Crippen molar-refractivity contribution in [1.82, 2.24) is 4.98 Å². The Balaban J connectivity index is 0.000000970. The second-order valence-electron chi connectivity index (χ2n) is 5.51. The topological polar surface area (TPSA) is 51.2 Å². The van der Waals surface area contributed by atoms with E-state index in [9.17, 15) is 4.79 Å². The summed E-state index contributed by atoms with van der Waals surface area (Å²) in [5.41, 5.74) is 6.96. The standard InChI is InChI=1S/C18H22N2O2.2HI.V/c1-11-12(2)14(4)17(16(13(11)3)18(21)22-5)20-10-15-6-8-19-9-7-15;;;/h6-9,20H,10H2,1-5H3;2*1H;/q;;;+2/p-2. The number of aromatic nitrogens is 1. The molecule has 0 aliphatic carbocycles. The van der Waals surface area contributed by atoms with Crippen LogP contribution in [0.15, 0.2) is 24.5 Å². The van der Waals surface area contributed by atoms with Crippen molar-refractivity contribution in [1.29, 1.82) is 0 Å². The predicted octanol–water partition coefficient (Wildman–Crippen LogP) is 5.48. The summed E-state index contributed by atoms with van der Waals surface area (Å²) in [6.45, 7) is 8.75. The Morgan fingerprint density at radius 3 is 2.12 bits per heavy atom. The summed E-state index contributed by atoms with van der Waals surface area (Å²) >= 11 is 4.74. The molecule has 0 bridgehead atoms. The fourth-order valence-corrected chi connectivity index (χ4v) is 2.58.